The zero-order valence-electron chi connectivity index (χ0n) is 13.0. The molecule has 1 heterocycles. The van der Waals surface area contributed by atoms with E-state index in [-0.39, 0.29) is 5.28 Å². The van der Waals surface area contributed by atoms with Crippen LogP contribution in [0.2, 0.25) is 5.28 Å². The summed E-state index contributed by atoms with van der Waals surface area (Å²) in [5.41, 5.74) is 0. The molecular formula is C14H26ClN5. The van der Waals surface area contributed by atoms with Crippen LogP contribution in [0.15, 0.2) is 0 Å². The Kier molecular flexibility index (Phi) is 7.59. The Labute approximate surface area is 127 Å². The largest absolute Gasteiger partial charge is 0.354 e. The molecule has 114 valence electrons. The van der Waals surface area contributed by atoms with Gasteiger partial charge in [-0.15, -0.1) is 0 Å². The normalized spacial score (nSPS) is 10.9. The molecule has 6 heteroatoms. The van der Waals surface area contributed by atoms with Crippen LogP contribution in [0.1, 0.15) is 53.4 Å². The molecule has 0 aromatic carbocycles. The van der Waals surface area contributed by atoms with E-state index >= 15 is 0 Å². The molecule has 0 saturated heterocycles. The molecular weight excluding hydrogens is 274 g/mol. The zero-order valence-corrected chi connectivity index (χ0v) is 13.7. The summed E-state index contributed by atoms with van der Waals surface area (Å²) in [5.74, 6) is 1.22. The van der Waals surface area contributed by atoms with Gasteiger partial charge in [-0.05, 0) is 38.3 Å². The number of aromatic nitrogens is 3. The SMILES string of the molecule is CCCCCN(c1nc(Cl)nc(NCCC)n1)C(C)C. The Balaban J connectivity index is 2.85. The molecule has 1 N–H and O–H groups in total. The Morgan fingerprint density at radius 3 is 2.45 bits per heavy atom. The van der Waals surface area contributed by atoms with Crippen LogP contribution in [0.4, 0.5) is 11.9 Å². The summed E-state index contributed by atoms with van der Waals surface area (Å²) in [5, 5.41) is 3.41. The smallest absolute Gasteiger partial charge is 0.231 e. The molecule has 0 unspecified atom stereocenters. The third-order valence-corrected chi connectivity index (χ3v) is 3.18. The molecule has 0 amide bonds. The Morgan fingerprint density at radius 2 is 1.85 bits per heavy atom. The number of hydrogen-bond acceptors (Lipinski definition) is 5. The number of nitrogens with zero attached hydrogens (tertiary/aromatic N) is 4. The molecule has 0 aliphatic carbocycles. The molecule has 0 spiro atoms. The second-order valence-corrected chi connectivity index (χ2v) is 5.49. The van der Waals surface area contributed by atoms with Crippen molar-refractivity contribution < 1.29 is 0 Å². The van der Waals surface area contributed by atoms with Crippen LogP contribution in [0.3, 0.4) is 0 Å². The van der Waals surface area contributed by atoms with Crippen molar-refractivity contribution in [3.63, 3.8) is 0 Å². The maximum Gasteiger partial charge on any atom is 0.231 e. The lowest BCUT2D eigenvalue weighted by molar-refractivity contribution is 0.611. The van der Waals surface area contributed by atoms with Gasteiger partial charge in [0, 0.05) is 19.1 Å². The van der Waals surface area contributed by atoms with E-state index in [4.69, 9.17) is 11.6 Å². The zero-order chi connectivity index (χ0) is 15.0. The summed E-state index contributed by atoms with van der Waals surface area (Å²) in [7, 11) is 0. The van der Waals surface area contributed by atoms with Gasteiger partial charge in [-0.25, -0.2) is 0 Å². The van der Waals surface area contributed by atoms with Gasteiger partial charge >= 0.3 is 0 Å². The fourth-order valence-corrected chi connectivity index (χ4v) is 2.06. The highest BCUT2D eigenvalue weighted by Gasteiger charge is 2.15. The third-order valence-electron chi connectivity index (χ3n) is 3.01. The van der Waals surface area contributed by atoms with Crippen LogP contribution < -0.4 is 10.2 Å². The van der Waals surface area contributed by atoms with E-state index in [2.05, 4.69) is 52.9 Å². The van der Waals surface area contributed by atoms with Crippen molar-refractivity contribution in [3.8, 4) is 0 Å². The van der Waals surface area contributed by atoms with Gasteiger partial charge in [0.1, 0.15) is 0 Å². The average Bonchev–Trinajstić information content (AvgIpc) is 2.40. The minimum absolute atomic E-state index is 0.245. The first kappa shape index (κ1) is 17.0. The highest BCUT2D eigenvalue weighted by atomic mass is 35.5. The number of rotatable bonds is 9. The fourth-order valence-electron chi connectivity index (χ4n) is 1.91. The molecule has 0 aliphatic heterocycles. The molecule has 0 atom stereocenters. The van der Waals surface area contributed by atoms with Crippen molar-refractivity contribution in [2.24, 2.45) is 0 Å². The highest BCUT2D eigenvalue weighted by Crippen LogP contribution is 2.17. The first-order valence-corrected chi connectivity index (χ1v) is 7.88. The molecule has 0 radical (unpaired) electrons. The lowest BCUT2D eigenvalue weighted by Crippen LogP contribution is -2.33. The maximum absolute atomic E-state index is 6.01. The molecule has 5 nitrogen and oxygen atoms in total. The molecule has 1 aromatic rings. The van der Waals surface area contributed by atoms with Crippen LogP contribution in [0.25, 0.3) is 0 Å². The minimum Gasteiger partial charge on any atom is -0.354 e. The third kappa shape index (κ3) is 5.49. The van der Waals surface area contributed by atoms with E-state index in [1.165, 1.54) is 12.8 Å². The van der Waals surface area contributed by atoms with Gasteiger partial charge in [0.25, 0.3) is 0 Å². The number of hydrogen-bond donors (Lipinski definition) is 1. The number of unbranched alkanes of at least 4 members (excludes halogenated alkanes) is 2. The van der Waals surface area contributed by atoms with E-state index in [9.17, 15) is 0 Å². The molecule has 20 heavy (non-hydrogen) atoms. The van der Waals surface area contributed by atoms with Crippen LogP contribution >= 0.6 is 11.6 Å². The molecule has 1 rings (SSSR count). The first-order valence-electron chi connectivity index (χ1n) is 7.50. The van der Waals surface area contributed by atoms with Crippen molar-refractivity contribution in [1.82, 2.24) is 15.0 Å². The Morgan fingerprint density at radius 1 is 1.10 bits per heavy atom. The summed E-state index contributed by atoms with van der Waals surface area (Å²) in [6.07, 6.45) is 4.56. The van der Waals surface area contributed by atoms with Gasteiger partial charge < -0.3 is 10.2 Å². The second kappa shape index (κ2) is 8.95. The number of halogens is 1. The van der Waals surface area contributed by atoms with E-state index in [1.54, 1.807) is 0 Å². The van der Waals surface area contributed by atoms with Gasteiger partial charge in [-0.1, -0.05) is 26.7 Å². The Hall–Kier alpha value is -1.10. The summed E-state index contributed by atoms with van der Waals surface area (Å²) in [4.78, 5) is 15.0. The van der Waals surface area contributed by atoms with Crippen LogP contribution in [0, 0.1) is 0 Å². The monoisotopic (exact) mass is 299 g/mol. The van der Waals surface area contributed by atoms with E-state index < -0.39 is 0 Å². The quantitative estimate of drug-likeness (QED) is 0.704. The van der Waals surface area contributed by atoms with Crippen LogP contribution in [-0.4, -0.2) is 34.1 Å². The van der Waals surface area contributed by atoms with Crippen LogP contribution in [-0.2, 0) is 0 Å². The van der Waals surface area contributed by atoms with Crippen molar-refractivity contribution in [1.29, 1.82) is 0 Å². The molecule has 0 fully saturated rings. The summed E-state index contributed by atoms with van der Waals surface area (Å²) < 4.78 is 0. The standard InChI is InChI=1S/C14H26ClN5/c1-5-7-8-10-20(11(3)4)14-18-12(15)17-13(19-14)16-9-6-2/h11H,5-10H2,1-4H3,(H,16,17,18,19). The highest BCUT2D eigenvalue weighted by molar-refractivity contribution is 6.28. The van der Waals surface area contributed by atoms with Gasteiger partial charge in [0.05, 0.1) is 0 Å². The maximum atomic E-state index is 6.01. The minimum atomic E-state index is 0.245. The topological polar surface area (TPSA) is 53.9 Å². The van der Waals surface area contributed by atoms with E-state index in [0.29, 0.717) is 17.9 Å². The first-order chi connectivity index (χ1) is 9.58. The summed E-state index contributed by atoms with van der Waals surface area (Å²) >= 11 is 6.01. The summed E-state index contributed by atoms with van der Waals surface area (Å²) in [6, 6.07) is 0.337. The predicted molar refractivity (Wildman–Crippen MR) is 85.6 cm³/mol. The summed E-state index contributed by atoms with van der Waals surface area (Å²) in [6.45, 7) is 10.4. The van der Waals surface area contributed by atoms with Gasteiger partial charge in [-0.2, -0.15) is 15.0 Å². The molecule has 0 saturated carbocycles. The lowest BCUT2D eigenvalue weighted by Gasteiger charge is -2.26. The van der Waals surface area contributed by atoms with Crippen molar-refractivity contribution >= 4 is 23.5 Å². The van der Waals surface area contributed by atoms with E-state index in [0.717, 1.165) is 25.9 Å². The van der Waals surface area contributed by atoms with Gasteiger partial charge in [0.2, 0.25) is 17.2 Å². The van der Waals surface area contributed by atoms with Crippen molar-refractivity contribution in [2.45, 2.75) is 59.4 Å². The Bertz CT molecular complexity index is 397. The van der Waals surface area contributed by atoms with Crippen molar-refractivity contribution in [2.75, 3.05) is 23.3 Å². The fraction of sp³-hybridized carbons (Fsp3) is 0.786. The molecule has 1 aromatic heterocycles. The predicted octanol–water partition coefficient (Wildman–Crippen LogP) is 3.75. The number of nitrogens with one attached hydrogen (secondary N) is 1. The molecule has 0 bridgehead atoms. The van der Waals surface area contributed by atoms with Crippen LogP contribution in [0.5, 0.6) is 0 Å². The van der Waals surface area contributed by atoms with Gasteiger partial charge in [-0.3, -0.25) is 0 Å². The average molecular weight is 300 g/mol. The van der Waals surface area contributed by atoms with Crippen molar-refractivity contribution in [3.05, 3.63) is 5.28 Å². The number of anilines is 2. The van der Waals surface area contributed by atoms with Gasteiger partial charge in [0.15, 0.2) is 0 Å². The van der Waals surface area contributed by atoms with E-state index in [1.807, 2.05) is 0 Å². The molecule has 0 aliphatic rings. The lowest BCUT2D eigenvalue weighted by atomic mass is 10.2. The second-order valence-electron chi connectivity index (χ2n) is 5.15.